The highest BCUT2D eigenvalue weighted by molar-refractivity contribution is 6.04. The zero-order chi connectivity index (χ0) is 24.5. The van der Waals surface area contributed by atoms with Crippen molar-refractivity contribution in [3.63, 3.8) is 0 Å². The molecule has 0 unspecified atom stereocenters. The van der Waals surface area contributed by atoms with Crippen molar-refractivity contribution in [2.45, 2.75) is 19.9 Å². The molecule has 1 N–H and O–H groups in total. The Morgan fingerprint density at radius 3 is 2.61 bits per heavy atom. The van der Waals surface area contributed by atoms with E-state index < -0.39 is 0 Å². The van der Waals surface area contributed by atoms with Crippen LogP contribution in [-0.4, -0.2) is 46.4 Å². The first-order chi connectivity index (χ1) is 17.7. The molecule has 4 heterocycles. The van der Waals surface area contributed by atoms with Gasteiger partial charge in [-0.1, -0.05) is 36.4 Å². The predicted octanol–water partition coefficient (Wildman–Crippen LogP) is 3.59. The van der Waals surface area contributed by atoms with Crippen LogP contribution in [0, 0.1) is 6.92 Å². The molecule has 2 aromatic carbocycles. The van der Waals surface area contributed by atoms with Crippen LogP contribution in [0.25, 0.3) is 22.2 Å². The van der Waals surface area contributed by atoms with Crippen LogP contribution in [0.4, 0.5) is 0 Å². The first-order valence-corrected chi connectivity index (χ1v) is 11.8. The molecule has 1 amide bonds. The highest BCUT2D eigenvalue weighted by Crippen LogP contribution is 2.20. The smallest absolute Gasteiger partial charge is 0.272 e. The maximum absolute atomic E-state index is 13.1. The normalized spacial score (nSPS) is 11.4. The Morgan fingerprint density at radius 1 is 0.944 bits per heavy atom. The molecule has 0 bridgehead atoms. The standard InChI is InChI=1S/C27H24N8O/c1-19-28-15-17-33(19)21-11-9-20(10-12-21)18-35-23-7-3-2-6-22(23)26(32-35)27(36)29-14-13-25-31-30-24-8-4-5-16-34(24)25/h2-12,15-17H,13-14,18H2,1H3,(H,29,36). The highest BCUT2D eigenvalue weighted by Gasteiger charge is 2.17. The number of imidazole rings is 1. The lowest BCUT2D eigenvalue weighted by molar-refractivity contribution is 0.0949. The SMILES string of the molecule is Cc1nccn1-c1ccc(Cn2nc(C(=O)NCCc3nnc4ccccn34)c3ccccc32)cc1. The van der Waals surface area contributed by atoms with Crippen LogP contribution in [0.5, 0.6) is 0 Å². The molecular weight excluding hydrogens is 452 g/mol. The number of nitrogens with zero attached hydrogens (tertiary/aromatic N) is 7. The molecular formula is C27H24N8O. The van der Waals surface area contributed by atoms with Gasteiger partial charge in [-0.05, 0) is 42.8 Å². The van der Waals surface area contributed by atoms with Gasteiger partial charge < -0.3 is 9.88 Å². The summed E-state index contributed by atoms with van der Waals surface area (Å²) in [5, 5.41) is 16.9. The quantitative estimate of drug-likeness (QED) is 0.380. The molecule has 0 spiro atoms. The van der Waals surface area contributed by atoms with Crippen molar-refractivity contribution in [2.75, 3.05) is 6.54 Å². The largest absolute Gasteiger partial charge is 0.350 e. The minimum Gasteiger partial charge on any atom is -0.350 e. The first-order valence-electron chi connectivity index (χ1n) is 11.8. The van der Waals surface area contributed by atoms with Crippen LogP contribution in [0.1, 0.15) is 27.7 Å². The average Bonchev–Trinajstić information content (AvgIpc) is 3.62. The fourth-order valence-corrected chi connectivity index (χ4v) is 4.43. The number of aryl methyl sites for hydroxylation is 1. The van der Waals surface area contributed by atoms with Gasteiger partial charge >= 0.3 is 0 Å². The second-order valence-corrected chi connectivity index (χ2v) is 8.59. The van der Waals surface area contributed by atoms with Crippen LogP contribution < -0.4 is 5.32 Å². The van der Waals surface area contributed by atoms with Gasteiger partial charge in [-0.15, -0.1) is 10.2 Å². The number of fused-ring (bicyclic) bond motifs is 2. The number of nitrogens with one attached hydrogen (secondary N) is 1. The Balaban J connectivity index is 1.19. The number of hydrogen-bond acceptors (Lipinski definition) is 5. The second-order valence-electron chi connectivity index (χ2n) is 8.59. The fourth-order valence-electron chi connectivity index (χ4n) is 4.43. The lowest BCUT2D eigenvalue weighted by atomic mass is 10.2. The third-order valence-electron chi connectivity index (χ3n) is 6.26. The number of benzene rings is 2. The van der Waals surface area contributed by atoms with Crippen molar-refractivity contribution in [1.82, 2.24) is 39.2 Å². The highest BCUT2D eigenvalue weighted by atomic mass is 16.1. The molecule has 0 radical (unpaired) electrons. The number of hydrogen-bond donors (Lipinski definition) is 1. The summed E-state index contributed by atoms with van der Waals surface area (Å²) >= 11 is 0. The van der Waals surface area contributed by atoms with Crippen molar-refractivity contribution in [3.8, 4) is 5.69 Å². The maximum Gasteiger partial charge on any atom is 0.272 e. The Hall–Kier alpha value is -4.79. The van der Waals surface area contributed by atoms with Gasteiger partial charge in [0.1, 0.15) is 11.6 Å². The van der Waals surface area contributed by atoms with Gasteiger partial charge in [0.2, 0.25) is 0 Å². The van der Waals surface area contributed by atoms with Gasteiger partial charge in [-0.25, -0.2) is 4.98 Å². The van der Waals surface area contributed by atoms with Gasteiger partial charge in [-0.2, -0.15) is 5.10 Å². The van der Waals surface area contributed by atoms with Crippen LogP contribution in [-0.2, 0) is 13.0 Å². The topological polar surface area (TPSA) is 94.9 Å². The number of carbonyl (C=O) groups is 1. The number of amides is 1. The molecule has 0 atom stereocenters. The van der Waals surface area contributed by atoms with Crippen molar-refractivity contribution >= 4 is 22.5 Å². The van der Waals surface area contributed by atoms with E-state index in [-0.39, 0.29) is 5.91 Å². The van der Waals surface area contributed by atoms with Crippen molar-refractivity contribution in [1.29, 1.82) is 0 Å². The number of para-hydroxylation sites is 1. The maximum atomic E-state index is 13.1. The summed E-state index contributed by atoms with van der Waals surface area (Å²) in [4.78, 5) is 17.4. The molecule has 0 saturated carbocycles. The lowest BCUT2D eigenvalue weighted by Gasteiger charge is -2.08. The van der Waals surface area contributed by atoms with Gasteiger partial charge in [-0.3, -0.25) is 13.9 Å². The minimum absolute atomic E-state index is 0.204. The van der Waals surface area contributed by atoms with Crippen LogP contribution >= 0.6 is 0 Å². The third kappa shape index (κ3) is 4.00. The molecule has 4 aromatic heterocycles. The molecule has 0 fully saturated rings. The number of rotatable bonds is 7. The molecule has 0 aliphatic carbocycles. The molecule has 0 aliphatic rings. The van der Waals surface area contributed by atoms with E-state index in [0.29, 0.717) is 25.2 Å². The number of pyridine rings is 1. The summed E-state index contributed by atoms with van der Waals surface area (Å²) in [5.41, 5.74) is 4.27. The van der Waals surface area contributed by atoms with Gasteiger partial charge in [0, 0.05) is 42.6 Å². The Morgan fingerprint density at radius 2 is 1.78 bits per heavy atom. The summed E-state index contributed by atoms with van der Waals surface area (Å²) < 4.78 is 5.85. The monoisotopic (exact) mass is 476 g/mol. The van der Waals surface area contributed by atoms with Crippen molar-refractivity contribution in [3.05, 3.63) is 108 Å². The molecule has 0 aliphatic heterocycles. The van der Waals surface area contributed by atoms with E-state index in [0.717, 1.165) is 39.4 Å². The lowest BCUT2D eigenvalue weighted by Crippen LogP contribution is -2.27. The van der Waals surface area contributed by atoms with E-state index in [4.69, 9.17) is 5.10 Å². The summed E-state index contributed by atoms with van der Waals surface area (Å²) in [6.45, 7) is 2.97. The van der Waals surface area contributed by atoms with Crippen molar-refractivity contribution < 1.29 is 4.79 Å². The average molecular weight is 477 g/mol. The molecule has 36 heavy (non-hydrogen) atoms. The zero-order valence-electron chi connectivity index (χ0n) is 19.7. The summed E-state index contributed by atoms with van der Waals surface area (Å²) in [6.07, 6.45) is 6.23. The van der Waals surface area contributed by atoms with Crippen LogP contribution in [0.3, 0.4) is 0 Å². The molecule has 6 rings (SSSR count). The predicted molar refractivity (Wildman–Crippen MR) is 136 cm³/mol. The fraction of sp³-hybridized carbons (Fsp3) is 0.148. The molecule has 6 aromatic rings. The Labute approximate surface area is 207 Å². The third-order valence-corrected chi connectivity index (χ3v) is 6.26. The molecule has 0 saturated heterocycles. The number of aromatic nitrogens is 7. The summed E-state index contributed by atoms with van der Waals surface area (Å²) in [7, 11) is 0. The summed E-state index contributed by atoms with van der Waals surface area (Å²) in [5.74, 6) is 1.54. The minimum atomic E-state index is -0.204. The van der Waals surface area contributed by atoms with E-state index in [2.05, 4.69) is 44.8 Å². The van der Waals surface area contributed by atoms with E-state index in [1.807, 2.05) is 75.4 Å². The van der Waals surface area contributed by atoms with E-state index in [1.165, 1.54) is 0 Å². The molecule has 9 heteroatoms. The van der Waals surface area contributed by atoms with Gasteiger partial charge in [0.05, 0.1) is 12.1 Å². The van der Waals surface area contributed by atoms with Crippen molar-refractivity contribution in [2.24, 2.45) is 0 Å². The van der Waals surface area contributed by atoms with Gasteiger partial charge in [0.15, 0.2) is 11.3 Å². The summed E-state index contributed by atoms with van der Waals surface area (Å²) in [6, 6.07) is 21.9. The van der Waals surface area contributed by atoms with E-state index in [9.17, 15) is 4.79 Å². The zero-order valence-corrected chi connectivity index (χ0v) is 19.7. The van der Waals surface area contributed by atoms with Crippen LogP contribution in [0.15, 0.2) is 85.3 Å². The van der Waals surface area contributed by atoms with E-state index >= 15 is 0 Å². The second kappa shape index (κ2) is 9.10. The Bertz CT molecular complexity index is 1680. The van der Waals surface area contributed by atoms with E-state index in [1.54, 1.807) is 6.20 Å². The van der Waals surface area contributed by atoms with Gasteiger partial charge in [0.25, 0.3) is 5.91 Å². The molecule has 178 valence electrons. The molecule has 9 nitrogen and oxygen atoms in total. The Kier molecular flexibility index (Phi) is 5.49. The first kappa shape index (κ1) is 21.7. The van der Waals surface area contributed by atoms with Crippen LogP contribution in [0.2, 0.25) is 0 Å². The number of carbonyl (C=O) groups excluding carboxylic acids is 1.